The third kappa shape index (κ3) is 2.31. The van der Waals surface area contributed by atoms with Crippen LogP contribution >= 0.6 is 11.5 Å². The number of hydrogen-bond acceptors (Lipinski definition) is 5. The van der Waals surface area contributed by atoms with Gasteiger partial charge in [-0.05, 0) is 42.1 Å². The van der Waals surface area contributed by atoms with E-state index in [4.69, 9.17) is 0 Å². The first-order valence-electron chi connectivity index (χ1n) is 6.12. The summed E-state index contributed by atoms with van der Waals surface area (Å²) >= 11 is 1.38. The second-order valence-electron chi connectivity index (χ2n) is 4.52. The molecule has 0 saturated carbocycles. The molecule has 0 radical (unpaired) electrons. The van der Waals surface area contributed by atoms with Crippen molar-refractivity contribution in [2.24, 2.45) is 0 Å². The molecule has 6 heteroatoms. The van der Waals surface area contributed by atoms with E-state index in [1.54, 1.807) is 12.3 Å². The summed E-state index contributed by atoms with van der Waals surface area (Å²) in [4.78, 5) is 14.6. The second kappa shape index (κ2) is 4.97. The zero-order valence-corrected chi connectivity index (χ0v) is 11.1. The lowest BCUT2D eigenvalue weighted by Crippen LogP contribution is -2.29. The molecule has 2 heterocycles. The smallest absolute Gasteiger partial charge is 0.336 e. The van der Waals surface area contributed by atoms with Crippen LogP contribution in [0.4, 0.5) is 5.69 Å². The molecule has 0 bridgehead atoms. The summed E-state index contributed by atoms with van der Waals surface area (Å²) in [7, 11) is 0. The van der Waals surface area contributed by atoms with Gasteiger partial charge in [-0.15, -0.1) is 5.10 Å². The van der Waals surface area contributed by atoms with Crippen LogP contribution in [0.2, 0.25) is 0 Å². The lowest BCUT2D eigenvalue weighted by molar-refractivity contribution is 0.0695. The summed E-state index contributed by atoms with van der Waals surface area (Å²) in [5, 5.41) is 13.1. The standard InChI is InChI=1S/C13H13N3O2S/c17-13(18)11-3-1-5-12-10(11)4-2-6-16(12)8-9-7-14-15-19-9/h1,3,5,7H,2,4,6,8H2,(H,17,18). The molecule has 0 spiro atoms. The molecule has 0 amide bonds. The molecule has 0 saturated heterocycles. The number of nitrogens with zero attached hydrogens (tertiary/aromatic N) is 3. The Morgan fingerprint density at radius 2 is 2.37 bits per heavy atom. The van der Waals surface area contributed by atoms with Crippen LogP contribution in [0.25, 0.3) is 0 Å². The van der Waals surface area contributed by atoms with Crippen LogP contribution in [0.1, 0.15) is 27.2 Å². The minimum absolute atomic E-state index is 0.421. The van der Waals surface area contributed by atoms with Crippen LogP contribution in [0.3, 0.4) is 0 Å². The predicted octanol–water partition coefficient (Wildman–Crippen LogP) is 2.19. The Morgan fingerprint density at radius 3 is 3.11 bits per heavy atom. The number of hydrogen-bond donors (Lipinski definition) is 1. The number of rotatable bonds is 3. The van der Waals surface area contributed by atoms with Crippen LogP contribution in [-0.4, -0.2) is 27.2 Å². The van der Waals surface area contributed by atoms with E-state index in [9.17, 15) is 9.90 Å². The van der Waals surface area contributed by atoms with Gasteiger partial charge in [-0.3, -0.25) is 0 Å². The molecule has 1 aromatic heterocycles. The molecule has 5 nitrogen and oxygen atoms in total. The summed E-state index contributed by atoms with van der Waals surface area (Å²) in [6.07, 6.45) is 3.57. The molecule has 1 N–H and O–H groups in total. The molecule has 1 aromatic carbocycles. The summed E-state index contributed by atoms with van der Waals surface area (Å²) in [5.41, 5.74) is 2.39. The molecule has 98 valence electrons. The van der Waals surface area contributed by atoms with E-state index in [2.05, 4.69) is 14.5 Å². The Morgan fingerprint density at radius 1 is 1.47 bits per heavy atom. The molecule has 0 fully saturated rings. The van der Waals surface area contributed by atoms with Gasteiger partial charge in [0.15, 0.2) is 0 Å². The highest BCUT2D eigenvalue weighted by Gasteiger charge is 2.22. The third-order valence-corrected chi connectivity index (χ3v) is 3.98. The molecule has 1 aliphatic rings. The van der Waals surface area contributed by atoms with Crippen LogP contribution in [0.15, 0.2) is 24.4 Å². The minimum atomic E-state index is -0.849. The van der Waals surface area contributed by atoms with Crippen molar-refractivity contribution in [3.8, 4) is 0 Å². The molecular weight excluding hydrogens is 262 g/mol. The van der Waals surface area contributed by atoms with Gasteiger partial charge in [-0.1, -0.05) is 10.6 Å². The lowest BCUT2D eigenvalue weighted by Gasteiger charge is -2.31. The van der Waals surface area contributed by atoms with E-state index < -0.39 is 5.97 Å². The van der Waals surface area contributed by atoms with Crippen molar-refractivity contribution in [2.45, 2.75) is 19.4 Å². The highest BCUT2D eigenvalue weighted by Crippen LogP contribution is 2.31. The molecule has 0 aliphatic carbocycles. The summed E-state index contributed by atoms with van der Waals surface area (Å²) in [6, 6.07) is 5.49. The molecule has 19 heavy (non-hydrogen) atoms. The molecule has 0 atom stereocenters. The largest absolute Gasteiger partial charge is 0.478 e. The second-order valence-corrected chi connectivity index (χ2v) is 5.39. The fourth-order valence-corrected chi connectivity index (χ4v) is 3.02. The van der Waals surface area contributed by atoms with Gasteiger partial charge in [0.2, 0.25) is 0 Å². The van der Waals surface area contributed by atoms with Crippen molar-refractivity contribution in [2.75, 3.05) is 11.4 Å². The van der Waals surface area contributed by atoms with Crippen molar-refractivity contribution in [1.82, 2.24) is 9.59 Å². The number of carboxylic acids is 1. The van der Waals surface area contributed by atoms with Crippen LogP contribution < -0.4 is 4.90 Å². The normalized spacial score (nSPS) is 14.2. The maximum Gasteiger partial charge on any atom is 0.336 e. The van der Waals surface area contributed by atoms with Crippen LogP contribution in [-0.2, 0) is 13.0 Å². The van der Waals surface area contributed by atoms with E-state index >= 15 is 0 Å². The number of aromatic carboxylic acids is 1. The number of fused-ring (bicyclic) bond motifs is 1. The lowest BCUT2D eigenvalue weighted by atomic mass is 9.96. The SMILES string of the molecule is O=C(O)c1cccc2c1CCCN2Cc1cnns1. The Bertz CT molecular complexity index is 598. The van der Waals surface area contributed by atoms with E-state index in [0.29, 0.717) is 5.56 Å². The zero-order valence-electron chi connectivity index (χ0n) is 10.2. The molecule has 1 aliphatic heterocycles. The van der Waals surface area contributed by atoms with E-state index in [1.807, 2.05) is 12.1 Å². The minimum Gasteiger partial charge on any atom is -0.478 e. The summed E-state index contributed by atoms with van der Waals surface area (Å²) in [6.45, 7) is 1.68. The highest BCUT2D eigenvalue weighted by atomic mass is 32.1. The fraction of sp³-hybridized carbons (Fsp3) is 0.308. The zero-order chi connectivity index (χ0) is 13.2. The average molecular weight is 275 g/mol. The number of anilines is 1. The maximum atomic E-state index is 11.3. The number of carboxylic acid groups (broad SMARTS) is 1. The van der Waals surface area contributed by atoms with Crippen molar-refractivity contribution >= 4 is 23.2 Å². The van der Waals surface area contributed by atoms with Gasteiger partial charge in [0, 0.05) is 12.2 Å². The van der Waals surface area contributed by atoms with Crippen molar-refractivity contribution in [1.29, 1.82) is 0 Å². The summed E-state index contributed by atoms with van der Waals surface area (Å²) in [5.74, 6) is -0.849. The van der Waals surface area contributed by atoms with Crippen LogP contribution in [0, 0.1) is 0 Å². The molecule has 0 unspecified atom stereocenters. The average Bonchev–Trinajstić information content (AvgIpc) is 2.91. The van der Waals surface area contributed by atoms with Gasteiger partial charge in [-0.2, -0.15) is 0 Å². The fourth-order valence-electron chi connectivity index (χ4n) is 2.51. The third-order valence-electron chi connectivity index (χ3n) is 3.33. The van der Waals surface area contributed by atoms with Crippen molar-refractivity contribution in [3.63, 3.8) is 0 Å². The van der Waals surface area contributed by atoms with Crippen molar-refractivity contribution < 1.29 is 9.90 Å². The maximum absolute atomic E-state index is 11.3. The van der Waals surface area contributed by atoms with Crippen molar-refractivity contribution in [3.05, 3.63) is 40.4 Å². The van der Waals surface area contributed by atoms with Gasteiger partial charge in [-0.25, -0.2) is 4.79 Å². The van der Waals surface area contributed by atoms with Gasteiger partial charge in [0.25, 0.3) is 0 Å². The Kier molecular flexibility index (Phi) is 3.16. The van der Waals surface area contributed by atoms with E-state index in [0.717, 1.165) is 42.1 Å². The van der Waals surface area contributed by atoms with Gasteiger partial charge >= 0.3 is 5.97 Å². The Labute approximate surface area is 114 Å². The van der Waals surface area contributed by atoms with E-state index in [1.165, 1.54) is 11.5 Å². The number of carbonyl (C=O) groups is 1. The molecule has 2 aromatic rings. The predicted molar refractivity (Wildman–Crippen MR) is 72.7 cm³/mol. The quantitative estimate of drug-likeness (QED) is 0.930. The van der Waals surface area contributed by atoms with Gasteiger partial charge in [0.1, 0.15) is 0 Å². The monoisotopic (exact) mass is 275 g/mol. The molecular formula is C13H13N3O2S. The highest BCUT2D eigenvalue weighted by molar-refractivity contribution is 7.05. The summed E-state index contributed by atoms with van der Waals surface area (Å²) < 4.78 is 3.86. The Balaban J connectivity index is 1.96. The first-order valence-corrected chi connectivity index (χ1v) is 6.89. The Hall–Kier alpha value is -1.95. The topological polar surface area (TPSA) is 66.3 Å². The first kappa shape index (κ1) is 12.1. The van der Waals surface area contributed by atoms with Crippen LogP contribution in [0.5, 0.6) is 0 Å². The first-order chi connectivity index (χ1) is 9.25. The van der Waals surface area contributed by atoms with Gasteiger partial charge in [0.05, 0.1) is 23.2 Å². The molecule has 3 rings (SSSR count). The number of benzene rings is 1. The van der Waals surface area contributed by atoms with Gasteiger partial charge < -0.3 is 10.0 Å². The van der Waals surface area contributed by atoms with E-state index in [-0.39, 0.29) is 0 Å². The number of aromatic nitrogens is 2.